The van der Waals surface area contributed by atoms with Crippen molar-refractivity contribution in [2.45, 2.75) is 44.9 Å². The molecule has 1 fully saturated rings. The number of nitrogens with zero attached hydrogens (tertiary/aromatic N) is 4. The second kappa shape index (κ2) is 9.89. The van der Waals surface area contributed by atoms with Crippen molar-refractivity contribution >= 4 is 16.7 Å². The molecule has 174 valence electrons. The third-order valence-electron chi connectivity index (χ3n) is 6.66. The van der Waals surface area contributed by atoms with Crippen LogP contribution in [-0.4, -0.2) is 65.0 Å². The number of nitrogens with one attached hydrogen (secondary N) is 1. The fourth-order valence-electron chi connectivity index (χ4n) is 4.86. The minimum atomic E-state index is -0.292. The average Bonchev–Trinajstić information content (AvgIpc) is 3.47. The van der Waals surface area contributed by atoms with Crippen LogP contribution in [0.3, 0.4) is 0 Å². The topological polar surface area (TPSA) is 81.5 Å². The number of ether oxygens (including phenoxy) is 2. The first kappa shape index (κ1) is 21.9. The van der Waals surface area contributed by atoms with Gasteiger partial charge in [0.1, 0.15) is 23.5 Å². The third-order valence-corrected chi connectivity index (χ3v) is 6.66. The summed E-state index contributed by atoms with van der Waals surface area (Å²) < 4.78 is 13.4. The van der Waals surface area contributed by atoms with Crippen LogP contribution >= 0.6 is 0 Å². The van der Waals surface area contributed by atoms with Crippen LogP contribution in [-0.2, 0) is 35.5 Å². The predicted octanol–water partition coefficient (Wildman–Crippen LogP) is 2.34. The van der Waals surface area contributed by atoms with Crippen LogP contribution in [0.4, 0.5) is 0 Å². The van der Waals surface area contributed by atoms with Gasteiger partial charge in [-0.3, -0.25) is 9.69 Å². The van der Waals surface area contributed by atoms with Gasteiger partial charge in [0.15, 0.2) is 0 Å². The maximum atomic E-state index is 12.2. The first-order chi connectivity index (χ1) is 16.2. The molecule has 2 aliphatic heterocycles. The summed E-state index contributed by atoms with van der Waals surface area (Å²) in [5, 5.41) is 14.3. The predicted molar refractivity (Wildman–Crippen MR) is 125 cm³/mol. The molecule has 1 amide bonds. The van der Waals surface area contributed by atoms with Gasteiger partial charge in [-0.25, -0.2) is 0 Å². The molecule has 8 heteroatoms. The zero-order valence-electron chi connectivity index (χ0n) is 19.1. The van der Waals surface area contributed by atoms with Gasteiger partial charge in [0.25, 0.3) is 0 Å². The minimum Gasteiger partial charge on any atom is -0.496 e. The Hall–Kier alpha value is -2.97. The number of hydrogen-bond donors (Lipinski definition) is 1. The Morgan fingerprint density at radius 3 is 2.94 bits per heavy atom. The van der Waals surface area contributed by atoms with Gasteiger partial charge in [0.2, 0.25) is 5.91 Å². The molecule has 0 bridgehead atoms. The molecule has 5 rings (SSSR count). The molecule has 8 nitrogen and oxygen atoms in total. The number of fused-ring (bicyclic) bond motifs is 2. The Labute approximate surface area is 193 Å². The van der Waals surface area contributed by atoms with Gasteiger partial charge in [0.05, 0.1) is 7.11 Å². The van der Waals surface area contributed by atoms with E-state index in [0.717, 1.165) is 62.8 Å². The largest absolute Gasteiger partial charge is 0.496 e. The van der Waals surface area contributed by atoms with Crippen LogP contribution in [0.1, 0.15) is 30.1 Å². The summed E-state index contributed by atoms with van der Waals surface area (Å²) in [5.41, 5.74) is 1.23. The molecule has 0 radical (unpaired) electrons. The Bertz CT molecular complexity index is 1120. The maximum absolute atomic E-state index is 12.2. The van der Waals surface area contributed by atoms with E-state index in [2.05, 4.69) is 61.4 Å². The molecule has 1 unspecified atom stereocenters. The molecule has 2 aromatic carbocycles. The van der Waals surface area contributed by atoms with Crippen molar-refractivity contribution in [3.8, 4) is 5.75 Å². The minimum absolute atomic E-state index is 0.0154. The fourth-order valence-corrected chi connectivity index (χ4v) is 4.86. The van der Waals surface area contributed by atoms with Crippen LogP contribution < -0.4 is 10.1 Å². The van der Waals surface area contributed by atoms with Crippen molar-refractivity contribution in [3.63, 3.8) is 0 Å². The Morgan fingerprint density at radius 2 is 2.09 bits per heavy atom. The highest BCUT2D eigenvalue weighted by Gasteiger charge is 2.24. The fraction of sp³-hybridized carbons (Fsp3) is 0.480. The number of benzene rings is 2. The summed E-state index contributed by atoms with van der Waals surface area (Å²) in [4.78, 5) is 14.6. The molecule has 0 spiro atoms. The van der Waals surface area contributed by atoms with Crippen LogP contribution in [0.5, 0.6) is 5.75 Å². The molecular formula is C25H31N5O3. The standard InChI is InChI=1S/C25H31N5O3/c1-32-21-9-8-18-5-2-3-6-19(18)20(21)17-29-13-11-24-28-27-23(30(24)15-14-29)10-12-26-25(31)22-7-4-16-33-22/h2-3,5-6,8-9,22H,4,7,10-17H2,1H3,(H,26,31). The summed E-state index contributed by atoms with van der Waals surface area (Å²) in [6, 6.07) is 12.6. The number of carbonyl (C=O) groups excluding carboxylic acids is 1. The summed E-state index contributed by atoms with van der Waals surface area (Å²) in [6.45, 7) is 4.72. The molecule has 33 heavy (non-hydrogen) atoms. The summed E-state index contributed by atoms with van der Waals surface area (Å²) in [5.74, 6) is 2.86. The molecule has 3 aromatic rings. The molecule has 2 aliphatic rings. The zero-order chi connectivity index (χ0) is 22.6. The summed E-state index contributed by atoms with van der Waals surface area (Å²) in [6.07, 6.45) is 2.99. The van der Waals surface area contributed by atoms with Gasteiger partial charge in [-0.1, -0.05) is 30.3 Å². The number of hydrogen-bond acceptors (Lipinski definition) is 6. The van der Waals surface area contributed by atoms with Gasteiger partial charge < -0.3 is 19.4 Å². The summed E-state index contributed by atoms with van der Waals surface area (Å²) >= 11 is 0. The Balaban J connectivity index is 1.23. The van der Waals surface area contributed by atoms with Crippen molar-refractivity contribution in [1.82, 2.24) is 25.0 Å². The molecule has 0 aliphatic carbocycles. The van der Waals surface area contributed by atoms with Gasteiger partial charge in [0, 0.05) is 57.7 Å². The SMILES string of the molecule is COc1ccc2ccccc2c1CN1CCc2nnc(CCNC(=O)C3CCCO3)n2CC1. The van der Waals surface area contributed by atoms with E-state index in [0.29, 0.717) is 19.6 Å². The lowest BCUT2D eigenvalue weighted by Crippen LogP contribution is -2.35. The van der Waals surface area contributed by atoms with Crippen LogP contribution in [0.2, 0.25) is 0 Å². The van der Waals surface area contributed by atoms with Crippen molar-refractivity contribution in [2.24, 2.45) is 0 Å². The van der Waals surface area contributed by atoms with Crippen molar-refractivity contribution in [3.05, 3.63) is 53.6 Å². The Morgan fingerprint density at radius 1 is 1.18 bits per heavy atom. The molecule has 1 atom stereocenters. The lowest BCUT2D eigenvalue weighted by molar-refractivity contribution is -0.130. The van der Waals surface area contributed by atoms with Crippen LogP contribution in [0.15, 0.2) is 36.4 Å². The van der Waals surface area contributed by atoms with E-state index >= 15 is 0 Å². The van der Waals surface area contributed by atoms with Crippen molar-refractivity contribution in [1.29, 1.82) is 0 Å². The second-order valence-corrected chi connectivity index (χ2v) is 8.72. The van der Waals surface area contributed by atoms with E-state index in [1.807, 2.05) is 0 Å². The van der Waals surface area contributed by atoms with E-state index in [9.17, 15) is 4.79 Å². The number of methoxy groups -OCH3 is 1. The van der Waals surface area contributed by atoms with E-state index in [1.54, 1.807) is 7.11 Å². The van der Waals surface area contributed by atoms with Crippen molar-refractivity contribution in [2.75, 3.05) is 33.4 Å². The average molecular weight is 450 g/mol. The molecule has 0 saturated carbocycles. The van der Waals surface area contributed by atoms with E-state index < -0.39 is 0 Å². The van der Waals surface area contributed by atoms with Gasteiger partial charge in [-0.05, 0) is 29.7 Å². The third kappa shape index (κ3) is 4.72. The van der Waals surface area contributed by atoms with E-state index in [-0.39, 0.29) is 12.0 Å². The van der Waals surface area contributed by atoms with Crippen LogP contribution in [0, 0.1) is 0 Å². The molecule has 1 saturated heterocycles. The highest BCUT2D eigenvalue weighted by molar-refractivity contribution is 5.87. The van der Waals surface area contributed by atoms with Gasteiger partial charge >= 0.3 is 0 Å². The number of carbonyl (C=O) groups is 1. The molecular weight excluding hydrogens is 418 g/mol. The highest BCUT2D eigenvalue weighted by atomic mass is 16.5. The lowest BCUT2D eigenvalue weighted by Gasteiger charge is -2.22. The number of rotatable bonds is 7. The monoisotopic (exact) mass is 449 g/mol. The first-order valence-electron chi connectivity index (χ1n) is 11.8. The normalized spacial score (nSPS) is 18.8. The summed E-state index contributed by atoms with van der Waals surface area (Å²) in [7, 11) is 1.74. The zero-order valence-corrected chi connectivity index (χ0v) is 19.1. The molecule has 1 N–H and O–H groups in total. The highest BCUT2D eigenvalue weighted by Crippen LogP contribution is 2.29. The number of aromatic nitrogens is 3. The van der Waals surface area contributed by atoms with Crippen LogP contribution in [0.25, 0.3) is 10.8 Å². The quantitative estimate of drug-likeness (QED) is 0.596. The van der Waals surface area contributed by atoms with E-state index in [4.69, 9.17) is 9.47 Å². The molecule has 1 aromatic heterocycles. The Kier molecular flexibility index (Phi) is 6.55. The smallest absolute Gasteiger partial charge is 0.249 e. The molecule has 3 heterocycles. The van der Waals surface area contributed by atoms with Gasteiger partial charge in [-0.15, -0.1) is 10.2 Å². The van der Waals surface area contributed by atoms with Crippen molar-refractivity contribution < 1.29 is 14.3 Å². The number of amides is 1. The van der Waals surface area contributed by atoms with E-state index in [1.165, 1.54) is 16.3 Å². The van der Waals surface area contributed by atoms with Gasteiger partial charge in [-0.2, -0.15) is 0 Å². The lowest BCUT2D eigenvalue weighted by atomic mass is 10.0. The first-order valence-corrected chi connectivity index (χ1v) is 11.8. The maximum Gasteiger partial charge on any atom is 0.249 e. The second-order valence-electron chi connectivity index (χ2n) is 8.72.